The smallest absolute Gasteiger partial charge is 0.396 e. The average Bonchev–Trinajstić information content (AvgIpc) is 2.05. The van der Waals surface area contributed by atoms with E-state index in [0.717, 1.165) is 0 Å². The van der Waals surface area contributed by atoms with Crippen LogP contribution in [0.2, 0.25) is 0 Å². The summed E-state index contributed by atoms with van der Waals surface area (Å²) in [5.74, 6) is -1.75. The fraction of sp³-hybridized carbons (Fsp3) is 0.250. The maximum absolute atomic E-state index is 12.8. The fourth-order valence-corrected chi connectivity index (χ4v) is 1.02. The molecule has 0 aliphatic carbocycles. The Hall–Kier alpha value is -1.47. The zero-order valence-corrected chi connectivity index (χ0v) is 7.38. The summed E-state index contributed by atoms with van der Waals surface area (Å²) in [7, 11) is 0. The summed E-state index contributed by atoms with van der Waals surface area (Å²) in [6.07, 6.45) is -10.2. The second-order valence-electron chi connectivity index (χ2n) is 2.91. The van der Waals surface area contributed by atoms with Gasteiger partial charge >= 0.3 is 12.4 Å². The van der Waals surface area contributed by atoms with E-state index in [9.17, 15) is 30.7 Å². The van der Waals surface area contributed by atoms with Crippen LogP contribution in [0.25, 0.3) is 0 Å². The number of rotatable bonds is 0. The monoisotopic (exact) mass is 247 g/mol. The normalized spacial score (nSPS) is 12.9. The molecule has 1 aromatic rings. The number of alkyl halides is 6. The lowest BCUT2D eigenvalue weighted by molar-refractivity contribution is -0.142. The molecule has 16 heavy (non-hydrogen) atoms. The summed E-state index contributed by atoms with van der Waals surface area (Å²) in [6.45, 7) is 0. The molecule has 0 bridgehead atoms. The number of nitrogens with two attached hydrogens (primary N) is 1. The zero-order valence-electron chi connectivity index (χ0n) is 7.38. The van der Waals surface area contributed by atoms with Gasteiger partial charge in [-0.15, -0.1) is 0 Å². The van der Waals surface area contributed by atoms with Crippen LogP contribution in [0.1, 0.15) is 11.1 Å². The summed E-state index contributed by atoms with van der Waals surface area (Å²) in [5, 5.41) is 0. The van der Waals surface area contributed by atoms with Crippen LogP contribution >= 0.6 is 0 Å². The number of anilines is 1. The predicted octanol–water partition coefficient (Wildman–Crippen LogP) is 3.45. The molecule has 0 fully saturated rings. The molecule has 1 nitrogen and oxygen atoms in total. The minimum Gasteiger partial charge on any atom is -0.396 e. The van der Waals surface area contributed by atoms with Gasteiger partial charge in [0.05, 0.1) is 16.8 Å². The molecule has 8 heteroatoms. The van der Waals surface area contributed by atoms with E-state index in [4.69, 9.17) is 5.73 Å². The summed E-state index contributed by atoms with van der Waals surface area (Å²) in [4.78, 5) is 0. The van der Waals surface area contributed by atoms with Gasteiger partial charge in [-0.05, 0) is 12.1 Å². The minimum absolute atomic E-state index is 0.0788. The molecule has 0 spiro atoms. The van der Waals surface area contributed by atoms with Crippen molar-refractivity contribution in [2.75, 3.05) is 5.73 Å². The molecule has 0 unspecified atom stereocenters. The molecule has 0 aliphatic heterocycles. The van der Waals surface area contributed by atoms with Gasteiger partial charge in [-0.1, -0.05) is 0 Å². The minimum atomic E-state index is -5.13. The van der Waals surface area contributed by atoms with E-state index in [1.165, 1.54) is 0 Å². The molecule has 0 amide bonds. The first-order chi connectivity index (χ1) is 7.03. The van der Waals surface area contributed by atoms with E-state index >= 15 is 0 Å². The maximum Gasteiger partial charge on any atom is 0.418 e. The molecule has 0 radical (unpaired) electrons. The van der Waals surface area contributed by atoms with Crippen molar-refractivity contribution in [2.45, 2.75) is 12.4 Å². The molecular weight excluding hydrogens is 243 g/mol. The van der Waals surface area contributed by atoms with Crippen molar-refractivity contribution >= 4 is 5.69 Å². The molecule has 0 aliphatic rings. The van der Waals surface area contributed by atoms with Crippen LogP contribution in [0.5, 0.6) is 0 Å². The third kappa shape index (κ3) is 2.37. The summed E-state index contributed by atoms with van der Waals surface area (Å²) < 4.78 is 85.6. The Morgan fingerprint density at radius 1 is 0.875 bits per heavy atom. The van der Waals surface area contributed by atoms with Gasteiger partial charge in [-0.25, -0.2) is 4.39 Å². The Labute approximate surface area is 84.7 Å². The standard InChI is InChI=1S/C8H4F7N/c9-5-2-3(7(10,11)12)1-4(6(5)16)8(13,14)15/h1-2H,16H2. The molecule has 2 N–H and O–H groups in total. The van der Waals surface area contributed by atoms with Crippen molar-refractivity contribution < 1.29 is 30.7 Å². The van der Waals surface area contributed by atoms with Gasteiger partial charge in [0, 0.05) is 0 Å². The summed E-state index contributed by atoms with van der Waals surface area (Å²) >= 11 is 0. The topological polar surface area (TPSA) is 26.0 Å². The first-order valence-corrected chi connectivity index (χ1v) is 3.77. The molecule has 1 aromatic carbocycles. The first kappa shape index (κ1) is 12.6. The Balaban J connectivity index is 3.46. The van der Waals surface area contributed by atoms with E-state index < -0.39 is 35.0 Å². The molecule has 0 aromatic heterocycles. The van der Waals surface area contributed by atoms with E-state index in [-0.39, 0.29) is 12.1 Å². The molecule has 0 heterocycles. The highest BCUT2D eigenvalue weighted by Crippen LogP contribution is 2.39. The Kier molecular flexibility index (Phi) is 2.78. The van der Waals surface area contributed by atoms with E-state index in [1.54, 1.807) is 0 Å². The lowest BCUT2D eigenvalue weighted by Crippen LogP contribution is -2.14. The highest BCUT2D eigenvalue weighted by molar-refractivity contribution is 5.52. The van der Waals surface area contributed by atoms with E-state index in [1.807, 2.05) is 0 Å². The van der Waals surface area contributed by atoms with Gasteiger partial charge < -0.3 is 5.73 Å². The average molecular weight is 247 g/mol. The van der Waals surface area contributed by atoms with Crippen LogP contribution in [0.15, 0.2) is 12.1 Å². The van der Waals surface area contributed by atoms with Crippen molar-refractivity contribution in [2.24, 2.45) is 0 Å². The van der Waals surface area contributed by atoms with Gasteiger partial charge in [0.1, 0.15) is 5.82 Å². The van der Waals surface area contributed by atoms with Crippen LogP contribution in [0.3, 0.4) is 0 Å². The third-order valence-electron chi connectivity index (χ3n) is 1.76. The highest BCUT2D eigenvalue weighted by Gasteiger charge is 2.39. The van der Waals surface area contributed by atoms with Crippen LogP contribution in [0, 0.1) is 5.82 Å². The zero-order chi connectivity index (χ0) is 12.7. The third-order valence-corrected chi connectivity index (χ3v) is 1.76. The van der Waals surface area contributed by atoms with Crippen LogP contribution < -0.4 is 5.73 Å². The fourth-order valence-electron chi connectivity index (χ4n) is 1.02. The van der Waals surface area contributed by atoms with Crippen LogP contribution in [0.4, 0.5) is 36.4 Å². The largest absolute Gasteiger partial charge is 0.418 e. The SMILES string of the molecule is Nc1c(F)cc(C(F)(F)F)cc1C(F)(F)F. The van der Waals surface area contributed by atoms with E-state index in [2.05, 4.69) is 0 Å². The van der Waals surface area contributed by atoms with Gasteiger partial charge in [0.15, 0.2) is 0 Å². The molecule has 0 saturated carbocycles. The van der Waals surface area contributed by atoms with Crippen LogP contribution in [-0.4, -0.2) is 0 Å². The van der Waals surface area contributed by atoms with E-state index in [0.29, 0.717) is 0 Å². The number of benzene rings is 1. The second kappa shape index (κ2) is 3.53. The quantitative estimate of drug-likeness (QED) is 0.551. The van der Waals surface area contributed by atoms with Gasteiger partial charge in [-0.2, -0.15) is 26.3 Å². The van der Waals surface area contributed by atoms with Crippen molar-refractivity contribution in [1.29, 1.82) is 0 Å². The van der Waals surface area contributed by atoms with Crippen molar-refractivity contribution in [3.05, 3.63) is 29.1 Å². The number of halogens is 7. The lowest BCUT2D eigenvalue weighted by atomic mass is 10.1. The number of nitrogen functional groups attached to an aromatic ring is 1. The molecule has 1 rings (SSSR count). The summed E-state index contributed by atoms with van der Waals surface area (Å²) in [6, 6.07) is -0.303. The highest BCUT2D eigenvalue weighted by atomic mass is 19.4. The molecule has 0 saturated heterocycles. The van der Waals surface area contributed by atoms with Gasteiger partial charge in [-0.3, -0.25) is 0 Å². The first-order valence-electron chi connectivity index (χ1n) is 3.77. The van der Waals surface area contributed by atoms with Crippen molar-refractivity contribution in [3.8, 4) is 0 Å². The molecule has 0 atom stereocenters. The Morgan fingerprint density at radius 3 is 1.75 bits per heavy atom. The van der Waals surface area contributed by atoms with Crippen molar-refractivity contribution in [3.63, 3.8) is 0 Å². The Morgan fingerprint density at radius 2 is 1.38 bits per heavy atom. The number of hydrogen-bond donors (Lipinski definition) is 1. The van der Waals surface area contributed by atoms with Crippen molar-refractivity contribution in [1.82, 2.24) is 0 Å². The number of hydrogen-bond acceptors (Lipinski definition) is 1. The molecular formula is C8H4F7N. The molecule has 90 valence electrons. The maximum atomic E-state index is 12.8. The summed E-state index contributed by atoms with van der Waals surface area (Å²) in [5.41, 5.74) is -0.192. The predicted molar refractivity (Wildman–Crippen MR) is 40.8 cm³/mol. The second-order valence-corrected chi connectivity index (χ2v) is 2.91. The van der Waals surface area contributed by atoms with Gasteiger partial charge in [0.25, 0.3) is 0 Å². The lowest BCUT2D eigenvalue weighted by Gasteiger charge is -2.14. The van der Waals surface area contributed by atoms with Crippen LogP contribution in [-0.2, 0) is 12.4 Å². The van der Waals surface area contributed by atoms with Gasteiger partial charge in [0.2, 0.25) is 0 Å². The Bertz CT molecular complexity index is 404.